The molecule has 0 aromatic heterocycles. The number of anilines is 2. The van der Waals surface area contributed by atoms with E-state index in [9.17, 15) is 14.4 Å². The first kappa shape index (κ1) is 19.9. The van der Waals surface area contributed by atoms with Gasteiger partial charge in [-0.1, -0.05) is 30.3 Å². The normalized spacial score (nSPS) is 13.1. The predicted octanol–water partition coefficient (Wildman–Crippen LogP) is 3.13. The van der Waals surface area contributed by atoms with Crippen LogP contribution in [0.4, 0.5) is 11.4 Å². The molecular weight excluding hydrogens is 374 g/mol. The summed E-state index contributed by atoms with van der Waals surface area (Å²) >= 11 is 1.52. The summed E-state index contributed by atoms with van der Waals surface area (Å²) in [7, 11) is 1.72. The van der Waals surface area contributed by atoms with Crippen LogP contribution in [0.5, 0.6) is 0 Å². The van der Waals surface area contributed by atoms with Gasteiger partial charge in [0, 0.05) is 44.1 Å². The van der Waals surface area contributed by atoms with Crippen LogP contribution in [0.1, 0.15) is 18.9 Å². The summed E-state index contributed by atoms with van der Waals surface area (Å²) in [6, 6.07) is 15.2. The van der Waals surface area contributed by atoms with Gasteiger partial charge in [0.25, 0.3) is 0 Å². The van der Waals surface area contributed by atoms with E-state index in [4.69, 9.17) is 0 Å². The van der Waals surface area contributed by atoms with Gasteiger partial charge in [-0.2, -0.15) is 0 Å². The summed E-state index contributed by atoms with van der Waals surface area (Å²) in [5.74, 6) is 0.196. The minimum atomic E-state index is -0.165. The van der Waals surface area contributed by atoms with Gasteiger partial charge in [-0.15, -0.1) is 11.8 Å². The minimum Gasteiger partial charge on any atom is -0.342 e. The second-order valence-electron chi connectivity index (χ2n) is 6.63. The van der Waals surface area contributed by atoms with Crippen LogP contribution in [-0.2, 0) is 20.9 Å². The molecule has 3 amide bonds. The molecule has 0 fully saturated rings. The van der Waals surface area contributed by atoms with Crippen LogP contribution in [-0.4, -0.2) is 42.0 Å². The van der Waals surface area contributed by atoms with Gasteiger partial charge in [0.15, 0.2) is 0 Å². The summed E-state index contributed by atoms with van der Waals surface area (Å²) in [4.78, 5) is 40.6. The number of para-hydroxylation sites is 2. The maximum Gasteiger partial charge on any atom is 0.237 e. The maximum absolute atomic E-state index is 12.5. The first-order valence-corrected chi connectivity index (χ1v) is 10.1. The van der Waals surface area contributed by atoms with Gasteiger partial charge in [-0.25, -0.2) is 0 Å². The van der Waals surface area contributed by atoms with E-state index in [0.717, 1.165) is 16.1 Å². The zero-order valence-corrected chi connectivity index (χ0v) is 16.8. The third-order valence-corrected chi connectivity index (χ3v) is 5.65. The van der Waals surface area contributed by atoms with Crippen molar-refractivity contribution in [3.63, 3.8) is 0 Å². The van der Waals surface area contributed by atoms with Crippen LogP contribution in [0.15, 0.2) is 53.4 Å². The molecule has 3 rings (SSSR count). The van der Waals surface area contributed by atoms with Crippen molar-refractivity contribution >= 4 is 40.9 Å². The van der Waals surface area contributed by atoms with Crippen molar-refractivity contribution in [1.29, 1.82) is 0 Å². The molecule has 0 spiro atoms. The lowest BCUT2D eigenvalue weighted by Crippen LogP contribution is -2.37. The number of nitrogens with one attached hydrogen (secondary N) is 1. The quantitative estimate of drug-likeness (QED) is 0.813. The molecule has 1 N–H and O–H groups in total. The number of carbonyl (C=O) groups excluding carboxylic acids is 3. The second-order valence-corrected chi connectivity index (χ2v) is 7.65. The molecule has 146 valence electrons. The highest BCUT2D eigenvalue weighted by atomic mass is 32.2. The van der Waals surface area contributed by atoms with E-state index in [2.05, 4.69) is 5.32 Å². The van der Waals surface area contributed by atoms with E-state index in [1.54, 1.807) is 16.8 Å². The van der Waals surface area contributed by atoms with Gasteiger partial charge in [0.2, 0.25) is 17.7 Å². The van der Waals surface area contributed by atoms with Crippen LogP contribution in [0, 0.1) is 0 Å². The van der Waals surface area contributed by atoms with Gasteiger partial charge in [0.1, 0.15) is 0 Å². The van der Waals surface area contributed by atoms with Crippen molar-refractivity contribution in [3.8, 4) is 0 Å². The van der Waals surface area contributed by atoms with Gasteiger partial charge in [-0.3, -0.25) is 14.4 Å². The fourth-order valence-corrected chi connectivity index (χ4v) is 3.91. The lowest BCUT2D eigenvalue weighted by molar-refractivity contribution is -0.128. The Morgan fingerprint density at radius 2 is 1.86 bits per heavy atom. The number of carbonyl (C=O) groups is 3. The molecule has 0 radical (unpaired) electrons. The Morgan fingerprint density at radius 3 is 2.64 bits per heavy atom. The fraction of sp³-hybridized carbons (Fsp3) is 0.286. The standard InChI is InChI=1S/C21H23N3O3S/c1-15(25)23(2)13-16-7-3-4-8-17(16)22-20(26)11-12-24-18-9-5-6-10-19(18)28-14-21(24)27/h3-10H,11-14H2,1-2H3,(H,22,26). The van der Waals surface area contributed by atoms with Crippen LogP contribution in [0.3, 0.4) is 0 Å². The predicted molar refractivity (Wildman–Crippen MR) is 111 cm³/mol. The van der Waals surface area contributed by atoms with Gasteiger partial charge < -0.3 is 15.1 Å². The van der Waals surface area contributed by atoms with Crippen LogP contribution in [0.25, 0.3) is 0 Å². The number of rotatable bonds is 6. The van der Waals surface area contributed by atoms with E-state index in [1.807, 2.05) is 48.5 Å². The smallest absolute Gasteiger partial charge is 0.237 e. The van der Waals surface area contributed by atoms with E-state index in [0.29, 0.717) is 24.5 Å². The molecule has 0 bridgehead atoms. The summed E-state index contributed by atoms with van der Waals surface area (Å²) < 4.78 is 0. The zero-order chi connectivity index (χ0) is 20.1. The highest BCUT2D eigenvalue weighted by Gasteiger charge is 2.24. The molecule has 0 atom stereocenters. The van der Waals surface area contributed by atoms with Crippen LogP contribution >= 0.6 is 11.8 Å². The summed E-state index contributed by atoms with van der Waals surface area (Å²) in [5, 5.41) is 2.91. The van der Waals surface area contributed by atoms with E-state index in [-0.39, 0.29) is 24.1 Å². The minimum absolute atomic E-state index is 0.0139. The van der Waals surface area contributed by atoms with E-state index >= 15 is 0 Å². The Kier molecular flexibility index (Phi) is 6.36. The van der Waals surface area contributed by atoms with Crippen LogP contribution in [0.2, 0.25) is 0 Å². The molecule has 2 aromatic carbocycles. The third-order valence-electron chi connectivity index (χ3n) is 4.61. The molecule has 0 aliphatic carbocycles. The van der Waals surface area contributed by atoms with Crippen molar-refractivity contribution < 1.29 is 14.4 Å². The maximum atomic E-state index is 12.5. The molecule has 0 saturated heterocycles. The topological polar surface area (TPSA) is 69.7 Å². The Balaban J connectivity index is 1.64. The molecule has 7 heteroatoms. The summed E-state index contributed by atoms with van der Waals surface area (Å²) in [6.45, 7) is 2.26. The Labute approximate surface area is 168 Å². The number of fused-ring (bicyclic) bond motifs is 1. The Hall–Kier alpha value is -2.80. The second kappa shape index (κ2) is 8.93. The SMILES string of the molecule is CC(=O)N(C)Cc1ccccc1NC(=O)CCN1C(=O)CSc2ccccc21. The van der Waals surface area contributed by atoms with Gasteiger partial charge in [0.05, 0.1) is 11.4 Å². The molecule has 28 heavy (non-hydrogen) atoms. The van der Waals surface area contributed by atoms with Crippen molar-refractivity contribution in [1.82, 2.24) is 4.90 Å². The first-order chi connectivity index (χ1) is 13.5. The first-order valence-electron chi connectivity index (χ1n) is 9.07. The lowest BCUT2D eigenvalue weighted by atomic mass is 10.1. The summed E-state index contributed by atoms with van der Waals surface area (Å²) in [6.07, 6.45) is 0.196. The van der Waals surface area contributed by atoms with Gasteiger partial charge >= 0.3 is 0 Å². The van der Waals surface area contributed by atoms with Crippen molar-refractivity contribution in [2.24, 2.45) is 0 Å². The van der Waals surface area contributed by atoms with E-state index in [1.165, 1.54) is 18.7 Å². The number of benzene rings is 2. The third kappa shape index (κ3) is 4.72. The molecule has 1 aliphatic rings. The number of thioether (sulfide) groups is 1. The Bertz CT molecular complexity index is 900. The number of nitrogens with zero attached hydrogens (tertiary/aromatic N) is 2. The lowest BCUT2D eigenvalue weighted by Gasteiger charge is -2.28. The largest absolute Gasteiger partial charge is 0.342 e. The van der Waals surface area contributed by atoms with Crippen LogP contribution < -0.4 is 10.2 Å². The molecular formula is C21H23N3O3S. The molecule has 1 heterocycles. The Morgan fingerprint density at radius 1 is 1.14 bits per heavy atom. The monoisotopic (exact) mass is 397 g/mol. The van der Waals surface area contributed by atoms with Crippen molar-refractivity contribution in [2.75, 3.05) is 29.6 Å². The fourth-order valence-electron chi connectivity index (χ4n) is 2.97. The highest BCUT2D eigenvalue weighted by molar-refractivity contribution is 8.00. The highest BCUT2D eigenvalue weighted by Crippen LogP contribution is 2.34. The van der Waals surface area contributed by atoms with E-state index < -0.39 is 0 Å². The number of hydrogen-bond donors (Lipinski definition) is 1. The molecule has 1 aliphatic heterocycles. The molecule has 2 aromatic rings. The number of amides is 3. The number of hydrogen-bond acceptors (Lipinski definition) is 4. The molecule has 6 nitrogen and oxygen atoms in total. The molecule has 0 unspecified atom stereocenters. The molecule has 0 saturated carbocycles. The zero-order valence-electron chi connectivity index (χ0n) is 16.0. The van der Waals surface area contributed by atoms with Crippen molar-refractivity contribution in [3.05, 3.63) is 54.1 Å². The summed E-state index contributed by atoms with van der Waals surface area (Å²) in [5.41, 5.74) is 2.41. The van der Waals surface area contributed by atoms with Crippen molar-refractivity contribution in [2.45, 2.75) is 24.8 Å². The average molecular weight is 398 g/mol. The average Bonchev–Trinajstić information content (AvgIpc) is 2.68. The van der Waals surface area contributed by atoms with Gasteiger partial charge in [-0.05, 0) is 23.8 Å².